The standard InChI is InChI=1S/C23H25N3O/c1-27-21-7-2-5-19(15-21)22-8-3-9-23(25-22)20-6-4-14-26(17-20)16-18-10-12-24-13-11-18/h2-3,5,7-13,15,20H,4,6,14,16-17H2,1H3/t20-/m1/s1. The van der Waals surface area contributed by atoms with Gasteiger partial charge in [-0.3, -0.25) is 14.9 Å². The Hall–Kier alpha value is -2.72. The molecule has 2 aromatic heterocycles. The lowest BCUT2D eigenvalue weighted by atomic mass is 9.93. The molecular weight excluding hydrogens is 334 g/mol. The van der Waals surface area contributed by atoms with Gasteiger partial charge in [-0.2, -0.15) is 0 Å². The molecule has 1 aliphatic heterocycles. The van der Waals surface area contributed by atoms with Crippen LogP contribution in [0.1, 0.15) is 30.0 Å². The van der Waals surface area contributed by atoms with E-state index in [0.717, 1.165) is 36.6 Å². The third-order valence-corrected chi connectivity index (χ3v) is 5.22. The SMILES string of the molecule is COc1cccc(-c2cccc([C@@H]3CCCN(Cc4ccncc4)C3)n2)c1. The van der Waals surface area contributed by atoms with Gasteiger partial charge in [0.05, 0.1) is 12.8 Å². The van der Waals surface area contributed by atoms with Crippen LogP contribution in [0.5, 0.6) is 5.75 Å². The first kappa shape index (κ1) is 17.7. The van der Waals surface area contributed by atoms with E-state index in [-0.39, 0.29) is 0 Å². The average molecular weight is 359 g/mol. The van der Waals surface area contributed by atoms with Gasteiger partial charge in [0, 0.05) is 42.7 Å². The zero-order valence-electron chi connectivity index (χ0n) is 15.7. The molecule has 1 fully saturated rings. The Kier molecular flexibility index (Phi) is 5.45. The van der Waals surface area contributed by atoms with Gasteiger partial charge in [-0.25, -0.2) is 0 Å². The molecule has 0 saturated carbocycles. The van der Waals surface area contributed by atoms with Crippen molar-refractivity contribution in [3.63, 3.8) is 0 Å². The summed E-state index contributed by atoms with van der Waals surface area (Å²) in [6.45, 7) is 3.18. The van der Waals surface area contributed by atoms with Crippen molar-refractivity contribution in [3.8, 4) is 17.0 Å². The van der Waals surface area contributed by atoms with Gasteiger partial charge < -0.3 is 4.74 Å². The van der Waals surface area contributed by atoms with Crippen LogP contribution in [-0.4, -0.2) is 35.1 Å². The molecule has 4 nitrogen and oxygen atoms in total. The number of nitrogens with zero attached hydrogens (tertiary/aromatic N) is 3. The normalized spacial score (nSPS) is 17.6. The van der Waals surface area contributed by atoms with Crippen molar-refractivity contribution in [2.75, 3.05) is 20.2 Å². The van der Waals surface area contributed by atoms with Crippen LogP contribution in [0, 0.1) is 0 Å². The van der Waals surface area contributed by atoms with Crippen molar-refractivity contribution >= 4 is 0 Å². The van der Waals surface area contributed by atoms with Gasteiger partial charge in [-0.05, 0) is 61.3 Å². The molecular formula is C23H25N3O. The average Bonchev–Trinajstić information content (AvgIpc) is 2.75. The van der Waals surface area contributed by atoms with Crippen LogP contribution in [0.15, 0.2) is 67.0 Å². The number of pyridine rings is 2. The molecule has 0 spiro atoms. The van der Waals surface area contributed by atoms with Gasteiger partial charge in [-0.1, -0.05) is 18.2 Å². The van der Waals surface area contributed by atoms with Crippen LogP contribution in [0.4, 0.5) is 0 Å². The molecule has 0 aliphatic carbocycles. The summed E-state index contributed by atoms with van der Waals surface area (Å²) in [5.41, 5.74) is 4.62. The van der Waals surface area contributed by atoms with E-state index in [2.05, 4.69) is 46.3 Å². The maximum absolute atomic E-state index is 5.35. The highest BCUT2D eigenvalue weighted by Gasteiger charge is 2.22. The lowest BCUT2D eigenvalue weighted by molar-refractivity contribution is 0.198. The maximum atomic E-state index is 5.35. The molecule has 3 heterocycles. The predicted molar refractivity (Wildman–Crippen MR) is 108 cm³/mol. The molecule has 0 unspecified atom stereocenters. The fourth-order valence-corrected chi connectivity index (χ4v) is 3.81. The summed E-state index contributed by atoms with van der Waals surface area (Å²) in [4.78, 5) is 11.6. The molecule has 1 atom stereocenters. The highest BCUT2D eigenvalue weighted by atomic mass is 16.5. The smallest absolute Gasteiger partial charge is 0.119 e. The van der Waals surface area contributed by atoms with Crippen molar-refractivity contribution in [2.45, 2.75) is 25.3 Å². The van der Waals surface area contributed by atoms with Crippen LogP contribution in [0.3, 0.4) is 0 Å². The number of ether oxygens (including phenoxy) is 1. The van der Waals surface area contributed by atoms with Gasteiger partial charge in [-0.15, -0.1) is 0 Å². The minimum atomic E-state index is 0.478. The van der Waals surface area contributed by atoms with E-state index < -0.39 is 0 Å². The van der Waals surface area contributed by atoms with Crippen molar-refractivity contribution in [3.05, 3.63) is 78.2 Å². The van der Waals surface area contributed by atoms with Crippen molar-refractivity contribution < 1.29 is 4.74 Å². The number of rotatable bonds is 5. The Labute approximate surface area is 160 Å². The Morgan fingerprint density at radius 3 is 2.78 bits per heavy atom. The Bertz CT molecular complexity index is 882. The van der Waals surface area contributed by atoms with E-state index in [9.17, 15) is 0 Å². The first-order valence-electron chi connectivity index (χ1n) is 9.54. The third-order valence-electron chi connectivity index (χ3n) is 5.22. The molecule has 0 radical (unpaired) electrons. The summed E-state index contributed by atoms with van der Waals surface area (Å²) in [5, 5.41) is 0. The number of piperidine rings is 1. The number of benzene rings is 1. The second-order valence-electron chi connectivity index (χ2n) is 7.11. The van der Waals surface area contributed by atoms with Crippen LogP contribution in [0.25, 0.3) is 11.3 Å². The van der Waals surface area contributed by atoms with E-state index in [0.29, 0.717) is 5.92 Å². The van der Waals surface area contributed by atoms with Gasteiger partial charge >= 0.3 is 0 Å². The van der Waals surface area contributed by atoms with Crippen LogP contribution in [-0.2, 0) is 6.54 Å². The minimum absolute atomic E-state index is 0.478. The molecule has 138 valence electrons. The van der Waals surface area contributed by atoms with E-state index in [4.69, 9.17) is 9.72 Å². The monoisotopic (exact) mass is 359 g/mol. The molecule has 1 aliphatic rings. The van der Waals surface area contributed by atoms with Gasteiger partial charge in [0.1, 0.15) is 5.75 Å². The Balaban J connectivity index is 1.51. The quantitative estimate of drug-likeness (QED) is 0.671. The molecule has 4 rings (SSSR count). The number of aromatic nitrogens is 2. The van der Waals surface area contributed by atoms with Crippen molar-refractivity contribution in [1.82, 2.24) is 14.9 Å². The fourth-order valence-electron chi connectivity index (χ4n) is 3.81. The number of hydrogen-bond donors (Lipinski definition) is 0. The second kappa shape index (κ2) is 8.31. The van der Waals surface area contributed by atoms with Gasteiger partial charge in [0.25, 0.3) is 0 Å². The summed E-state index contributed by atoms with van der Waals surface area (Å²) in [5.74, 6) is 1.34. The molecule has 27 heavy (non-hydrogen) atoms. The molecule has 0 amide bonds. The van der Waals surface area contributed by atoms with Crippen molar-refractivity contribution in [2.24, 2.45) is 0 Å². The zero-order valence-corrected chi connectivity index (χ0v) is 15.7. The first-order valence-corrected chi connectivity index (χ1v) is 9.54. The van der Waals surface area contributed by atoms with Crippen molar-refractivity contribution in [1.29, 1.82) is 0 Å². The number of methoxy groups -OCH3 is 1. The highest BCUT2D eigenvalue weighted by molar-refractivity contribution is 5.61. The Morgan fingerprint density at radius 1 is 1.07 bits per heavy atom. The second-order valence-corrected chi connectivity index (χ2v) is 7.11. The summed E-state index contributed by atoms with van der Waals surface area (Å²) < 4.78 is 5.35. The maximum Gasteiger partial charge on any atom is 0.119 e. The fraction of sp³-hybridized carbons (Fsp3) is 0.304. The molecule has 0 N–H and O–H groups in total. The van der Waals surface area contributed by atoms with E-state index >= 15 is 0 Å². The van der Waals surface area contributed by atoms with E-state index in [1.54, 1.807) is 7.11 Å². The lowest BCUT2D eigenvalue weighted by Gasteiger charge is -2.32. The molecule has 1 aromatic carbocycles. The van der Waals surface area contributed by atoms with Crippen LogP contribution in [0.2, 0.25) is 0 Å². The third kappa shape index (κ3) is 4.34. The highest BCUT2D eigenvalue weighted by Crippen LogP contribution is 2.29. The first-order chi connectivity index (χ1) is 13.3. The minimum Gasteiger partial charge on any atom is -0.497 e. The van der Waals surface area contributed by atoms with Gasteiger partial charge in [0.2, 0.25) is 0 Å². The predicted octanol–water partition coefficient (Wildman–Crippen LogP) is 4.53. The molecule has 4 heteroatoms. The van der Waals surface area contributed by atoms with Gasteiger partial charge in [0.15, 0.2) is 0 Å². The lowest BCUT2D eigenvalue weighted by Crippen LogP contribution is -2.34. The van der Waals surface area contributed by atoms with Crippen LogP contribution >= 0.6 is 0 Å². The number of hydrogen-bond acceptors (Lipinski definition) is 4. The summed E-state index contributed by atoms with van der Waals surface area (Å²) in [7, 11) is 1.70. The zero-order chi connectivity index (χ0) is 18.5. The Morgan fingerprint density at radius 2 is 1.93 bits per heavy atom. The molecule has 1 saturated heterocycles. The largest absolute Gasteiger partial charge is 0.497 e. The van der Waals surface area contributed by atoms with Crippen LogP contribution < -0.4 is 4.74 Å². The molecule has 3 aromatic rings. The summed E-state index contributed by atoms with van der Waals surface area (Å²) >= 11 is 0. The summed E-state index contributed by atoms with van der Waals surface area (Å²) in [6, 6.07) is 18.7. The van der Waals surface area contributed by atoms with E-state index in [1.807, 2.05) is 30.6 Å². The van der Waals surface area contributed by atoms with E-state index in [1.165, 1.54) is 24.1 Å². The topological polar surface area (TPSA) is 38.2 Å². The molecule has 0 bridgehead atoms. The number of likely N-dealkylation sites (tertiary alicyclic amines) is 1. The summed E-state index contributed by atoms with van der Waals surface area (Å²) in [6.07, 6.45) is 6.15.